The normalized spacial score (nSPS) is 12.3. The molecule has 0 fully saturated rings. The Morgan fingerprint density at radius 2 is 2.00 bits per heavy atom. The molecule has 0 saturated carbocycles. The second kappa shape index (κ2) is 6.41. The van der Waals surface area contributed by atoms with Crippen LogP contribution in [0.3, 0.4) is 0 Å². The number of nitrogens with two attached hydrogens (primary N) is 1. The second-order valence-electron chi connectivity index (χ2n) is 5.51. The lowest BCUT2D eigenvalue weighted by Gasteiger charge is -2.23. The summed E-state index contributed by atoms with van der Waals surface area (Å²) < 4.78 is 36.4. The standard InChI is InChI=1S/C13H18BrFN2O3S/c1-4-13(2,3)7-17-12(18)8-5-11(21(16,19)20)10(15)6-9(8)14/h5-6H,4,7H2,1-3H3,(H,17,18)(H2,16,19,20). The molecule has 21 heavy (non-hydrogen) atoms. The molecule has 118 valence electrons. The summed E-state index contributed by atoms with van der Waals surface area (Å²) in [5.41, 5.74) is -0.0716. The summed E-state index contributed by atoms with van der Waals surface area (Å²) in [6, 6.07) is 1.85. The topological polar surface area (TPSA) is 89.3 Å². The van der Waals surface area contributed by atoms with Gasteiger partial charge in [0.2, 0.25) is 10.0 Å². The Bertz CT molecular complexity index is 660. The quantitative estimate of drug-likeness (QED) is 0.821. The molecule has 0 spiro atoms. The van der Waals surface area contributed by atoms with E-state index in [1.807, 2.05) is 20.8 Å². The molecule has 0 radical (unpaired) electrons. The van der Waals surface area contributed by atoms with Crippen LogP contribution in [0.25, 0.3) is 0 Å². The Balaban J connectivity index is 3.11. The smallest absolute Gasteiger partial charge is 0.252 e. The first-order valence-corrected chi connectivity index (χ1v) is 8.62. The SMILES string of the molecule is CCC(C)(C)CNC(=O)c1cc(S(N)(=O)=O)c(F)cc1Br. The minimum Gasteiger partial charge on any atom is -0.351 e. The van der Waals surface area contributed by atoms with Crippen LogP contribution in [-0.2, 0) is 10.0 Å². The van der Waals surface area contributed by atoms with Gasteiger partial charge in [-0.1, -0.05) is 20.8 Å². The Kier molecular flexibility index (Phi) is 5.51. The monoisotopic (exact) mass is 380 g/mol. The summed E-state index contributed by atoms with van der Waals surface area (Å²) in [5, 5.41) is 7.63. The molecule has 5 nitrogen and oxygen atoms in total. The molecular formula is C13H18BrFN2O3S. The van der Waals surface area contributed by atoms with Gasteiger partial charge in [0.25, 0.3) is 5.91 Å². The minimum absolute atomic E-state index is 0.0207. The predicted molar refractivity (Wildman–Crippen MR) is 81.9 cm³/mol. The van der Waals surface area contributed by atoms with Crippen molar-refractivity contribution in [2.75, 3.05) is 6.54 Å². The summed E-state index contributed by atoms with van der Waals surface area (Å²) in [5.74, 6) is -1.50. The van der Waals surface area contributed by atoms with Crippen LogP contribution in [0.1, 0.15) is 37.6 Å². The van der Waals surface area contributed by atoms with Gasteiger partial charge in [-0.3, -0.25) is 4.79 Å². The van der Waals surface area contributed by atoms with Gasteiger partial charge in [-0.25, -0.2) is 17.9 Å². The van der Waals surface area contributed by atoms with Crippen LogP contribution in [0, 0.1) is 11.2 Å². The molecule has 0 bridgehead atoms. The zero-order valence-corrected chi connectivity index (χ0v) is 14.4. The molecule has 0 heterocycles. The van der Waals surface area contributed by atoms with Crippen molar-refractivity contribution < 1.29 is 17.6 Å². The molecule has 3 N–H and O–H groups in total. The lowest BCUT2D eigenvalue weighted by molar-refractivity contribution is 0.0934. The number of carbonyl (C=O) groups excluding carboxylic acids is 1. The number of primary sulfonamides is 1. The highest BCUT2D eigenvalue weighted by Crippen LogP contribution is 2.24. The molecule has 0 aliphatic carbocycles. The van der Waals surface area contributed by atoms with E-state index in [0.717, 1.165) is 18.6 Å². The van der Waals surface area contributed by atoms with Crippen LogP contribution in [0.2, 0.25) is 0 Å². The van der Waals surface area contributed by atoms with Crippen molar-refractivity contribution >= 4 is 31.9 Å². The van der Waals surface area contributed by atoms with Gasteiger partial charge < -0.3 is 5.32 Å². The van der Waals surface area contributed by atoms with Crippen LogP contribution in [0.4, 0.5) is 4.39 Å². The number of carbonyl (C=O) groups is 1. The average molecular weight is 381 g/mol. The van der Waals surface area contributed by atoms with Crippen LogP contribution < -0.4 is 10.5 Å². The number of sulfonamides is 1. The van der Waals surface area contributed by atoms with E-state index in [9.17, 15) is 17.6 Å². The minimum atomic E-state index is -4.23. The largest absolute Gasteiger partial charge is 0.351 e. The number of benzene rings is 1. The molecule has 0 saturated heterocycles. The van der Waals surface area contributed by atoms with Crippen LogP contribution >= 0.6 is 15.9 Å². The molecule has 0 unspecified atom stereocenters. The summed E-state index contributed by atoms with van der Waals surface area (Å²) in [6.45, 7) is 6.39. The van der Waals surface area contributed by atoms with E-state index in [1.54, 1.807) is 0 Å². The number of rotatable bonds is 5. The Morgan fingerprint density at radius 3 is 2.48 bits per heavy atom. The van der Waals surface area contributed by atoms with Gasteiger partial charge in [0.15, 0.2) is 0 Å². The van der Waals surface area contributed by atoms with Crippen molar-refractivity contribution in [3.8, 4) is 0 Å². The molecule has 1 rings (SSSR count). The third-order valence-electron chi connectivity index (χ3n) is 3.26. The first-order chi connectivity index (χ1) is 9.48. The summed E-state index contributed by atoms with van der Waals surface area (Å²) in [7, 11) is -4.23. The number of amides is 1. The molecule has 0 aromatic heterocycles. The maximum Gasteiger partial charge on any atom is 0.252 e. The predicted octanol–water partition coefficient (Wildman–Crippen LogP) is 2.40. The van der Waals surface area contributed by atoms with Gasteiger partial charge in [0, 0.05) is 11.0 Å². The van der Waals surface area contributed by atoms with E-state index in [-0.39, 0.29) is 15.5 Å². The fraction of sp³-hybridized carbons (Fsp3) is 0.462. The van der Waals surface area contributed by atoms with Gasteiger partial charge in [0.05, 0.1) is 5.56 Å². The molecular weight excluding hydrogens is 363 g/mol. The maximum atomic E-state index is 13.6. The molecule has 8 heteroatoms. The van der Waals surface area contributed by atoms with Crippen LogP contribution in [0.5, 0.6) is 0 Å². The third-order valence-corrected chi connectivity index (χ3v) is 4.84. The average Bonchev–Trinajstić information content (AvgIpc) is 2.34. The van der Waals surface area contributed by atoms with E-state index >= 15 is 0 Å². The van der Waals surface area contributed by atoms with Crippen molar-refractivity contribution in [2.24, 2.45) is 10.6 Å². The molecule has 0 aliphatic rings. The van der Waals surface area contributed by atoms with Gasteiger partial charge >= 0.3 is 0 Å². The van der Waals surface area contributed by atoms with Gasteiger partial charge in [-0.15, -0.1) is 0 Å². The van der Waals surface area contributed by atoms with E-state index < -0.39 is 26.6 Å². The molecule has 0 aliphatic heterocycles. The first-order valence-electron chi connectivity index (χ1n) is 6.28. The van der Waals surface area contributed by atoms with Gasteiger partial charge in [0.1, 0.15) is 10.7 Å². The van der Waals surface area contributed by atoms with Crippen LogP contribution in [0.15, 0.2) is 21.5 Å². The number of hydrogen-bond donors (Lipinski definition) is 2. The Morgan fingerprint density at radius 1 is 1.43 bits per heavy atom. The van der Waals surface area contributed by atoms with E-state index in [1.165, 1.54) is 0 Å². The lowest BCUT2D eigenvalue weighted by atomic mass is 9.90. The fourth-order valence-electron chi connectivity index (χ4n) is 1.46. The van der Waals surface area contributed by atoms with Crippen molar-refractivity contribution in [1.29, 1.82) is 0 Å². The highest BCUT2D eigenvalue weighted by atomic mass is 79.9. The molecule has 1 aromatic carbocycles. The van der Waals surface area contributed by atoms with E-state index in [2.05, 4.69) is 21.2 Å². The van der Waals surface area contributed by atoms with E-state index in [0.29, 0.717) is 6.54 Å². The lowest BCUT2D eigenvalue weighted by Crippen LogP contribution is -2.34. The summed E-state index contributed by atoms with van der Waals surface area (Å²) in [4.78, 5) is 11.4. The summed E-state index contributed by atoms with van der Waals surface area (Å²) in [6.07, 6.45) is 0.861. The zero-order valence-electron chi connectivity index (χ0n) is 12.0. The summed E-state index contributed by atoms with van der Waals surface area (Å²) >= 11 is 3.05. The molecule has 1 aromatic rings. The number of nitrogens with one attached hydrogen (secondary N) is 1. The first kappa shape index (κ1) is 18.1. The molecule has 0 atom stereocenters. The highest BCUT2D eigenvalue weighted by Gasteiger charge is 2.22. The fourth-order valence-corrected chi connectivity index (χ4v) is 2.57. The van der Waals surface area contributed by atoms with Crippen molar-refractivity contribution in [3.05, 3.63) is 28.0 Å². The highest BCUT2D eigenvalue weighted by molar-refractivity contribution is 9.10. The number of hydrogen-bond acceptors (Lipinski definition) is 3. The third kappa shape index (κ3) is 4.76. The van der Waals surface area contributed by atoms with Crippen molar-refractivity contribution in [3.63, 3.8) is 0 Å². The van der Waals surface area contributed by atoms with Crippen molar-refractivity contribution in [1.82, 2.24) is 5.32 Å². The van der Waals surface area contributed by atoms with E-state index in [4.69, 9.17) is 5.14 Å². The number of halogens is 2. The maximum absolute atomic E-state index is 13.6. The Hall–Kier alpha value is -0.990. The van der Waals surface area contributed by atoms with Gasteiger partial charge in [-0.2, -0.15) is 0 Å². The molecule has 1 amide bonds. The zero-order chi connectivity index (χ0) is 16.4. The van der Waals surface area contributed by atoms with Crippen molar-refractivity contribution in [2.45, 2.75) is 32.1 Å². The van der Waals surface area contributed by atoms with Crippen LogP contribution in [-0.4, -0.2) is 20.9 Å². The second-order valence-corrected chi connectivity index (χ2v) is 7.89. The Labute approximate surface area is 132 Å². The van der Waals surface area contributed by atoms with Gasteiger partial charge in [-0.05, 0) is 39.9 Å².